The first kappa shape index (κ1) is 13.9. The number of tetrazole rings is 1. The van der Waals surface area contributed by atoms with Crippen molar-refractivity contribution in [3.05, 3.63) is 18.2 Å². The molecule has 1 aliphatic rings. The highest BCUT2D eigenvalue weighted by Crippen LogP contribution is 2.37. The molecule has 1 aliphatic carbocycles. The molecule has 2 aromatic rings. The molecule has 0 saturated heterocycles. The summed E-state index contributed by atoms with van der Waals surface area (Å²) in [5, 5.41) is 12.4. The van der Waals surface area contributed by atoms with Crippen molar-refractivity contribution in [1.82, 2.24) is 20.2 Å². The van der Waals surface area contributed by atoms with E-state index in [9.17, 15) is 0 Å². The van der Waals surface area contributed by atoms with Crippen LogP contribution in [0, 0.1) is 0 Å². The van der Waals surface area contributed by atoms with Gasteiger partial charge in [-0.25, -0.2) is 4.68 Å². The molecule has 0 aliphatic heterocycles. The third-order valence-electron chi connectivity index (χ3n) is 4.40. The number of aromatic nitrogens is 4. The van der Waals surface area contributed by atoms with Crippen LogP contribution in [0.15, 0.2) is 18.2 Å². The Morgan fingerprint density at radius 2 is 2.00 bits per heavy atom. The number of hydrogen-bond donors (Lipinski definition) is 1. The molecule has 1 aromatic heterocycles. The lowest BCUT2D eigenvalue weighted by Gasteiger charge is -2.34. The summed E-state index contributed by atoms with van der Waals surface area (Å²) in [5.74, 6) is 1.42. The van der Waals surface area contributed by atoms with E-state index < -0.39 is 0 Å². The van der Waals surface area contributed by atoms with Crippen molar-refractivity contribution in [2.45, 2.75) is 44.6 Å². The van der Waals surface area contributed by atoms with Crippen LogP contribution in [-0.4, -0.2) is 27.3 Å². The maximum absolute atomic E-state index is 5.88. The predicted molar refractivity (Wildman–Crippen MR) is 81.0 cm³/mol. The number of nitrogen functional groups attached to an aromatic ring is 1. The monoisotopic (exact) mass is 287 g/mol. The van der Waals surface area contributed by atoms with Crippen molar-refractivity contribution >= 4 is 5.69 Å². The van der Waals surface area contributed by atoms with Crippen LogP contribution in [0.1, 0.15) is 39.0 Å². The standard InChI is InChI=1S/C15H21N5O/c1-15(8-4-3-5-9-15)20-14(17-18-19-20)11-6-7-12(16)13(10-11)21-2/h6-7,10H,3-5,8-9,16H2,1-2H3. The Balaban J connectivity index is 2.02. The van der Waals surface area contributed by atoms with Crippen molar-refractivity contribution in [2.24, 2.45) is 0 Å². The summed E-state index contributed by atoms with van der Waals surface area (Å²) >= 11 is 0. The summed E-state index contributed by atoms with van der Waals surface area (Å²) in [5.41, 5.74) is 7.41. The van der Waals surface area contributed by atoms with Gasteiger partial charge in [0.2, 0.25) is 0 Å². The smallest absolute Gasteiger partial charge is 0.182 e. The average Bonchev–Trinajstić information content (AvgIpc) is 2.99. The molecular formula is C15H21N5O. The molecular weight excluding hydrogens is 266 g/mol. The van der Waals surface area contributed by atoms with Gasteiger partial charge in [0.1, 0.15) is 5.75 Å². The van der Waals surface area contributed by atoms with E-state index in [0.29, 0.717) is 11.4 Å². The number of benzene rings is 1. The first-order valence-corrected chi connectivity index (χ1v) is 7.37. The fraction of sp³-hybridized carbons (Fsp3) is 0.533. The molecule has 0 spiro atoms. The second-order valence-electron chi connectivity index (χ2n) is 5.93. The molecule has 0 radical (unpaired) electrons. The molecule has 6 nitrogen and oxygen atoms in total. The van der Waals surface area contributed by atoms with Crippen molar-refractivity contribution in [1.29, 1.82) is 0 Å². The summed E-state index contributed by atoms with van der Waals surface area (Å²) in [6, 6.07) is 5.66. The molecule has 1 aromatic carbocycles. The molecule has 0 unspecified atom stereocenters. The zero-order chi connectivity index (χ0) is 14.9. The van der Waals surface area contributed by atoms with Gasteiger partial charge in [0.15, 0.2) is 5.82 Å². The fourth-order valence-corrected chi connectivity index (χ4v) is 3.11. The van der Waals surface area contributed by atoms with E-state index in [2.05, 4.69) is 22.4 Å². The van der Waals surface area contributed by atoms with Gasteiger partial charge in [0.05, 0.1) is 18.3 Å². The maximum atomic E-state index is 5.88. The quantitative estimate of drug-likeness (QED) is 0.878. The molecule has 0 amide bonds. The molecule has 6 heteroatoms. The Bertz CT molecular complexity index is 631. The van der Waals surface area contributed by atoms with Gasteiger partial charge in [-0.1, -0.05) is 19.3 Å². The Morgan fingerprint density at radius 3 is 2.71 bits per heavy atom. The number of nitrogens with two attached hydrogens (primary N) is 1. The average molecular weight is 287 g/mol. The van der Waals surface area contributed by atoms with Gasteiger partial charge in [-0.3, -0.25) is 0 Å². The lowest BCUT2D eigenvalue weighted by Crippen LogP contribution is -2.34. The SMILES string of the molecule is COc1cc(-c2nnnn2C2(C)CCCCC2)ccc1N. The van der Waals surface area contributed by atoms with Crippen molar-refractivity contribution in [3.8, 4) is 17.1 Å². The molecule has 1 fully saturated rings. The third kappa shape index (κ3) is 2.46. The van der Waals surface area contributed by atoms with E-state index in [1.165, 1.54) is 19.3 Å². The van der Waals surface area contributed by atoms with Gasteiger partial charge in [-0.2, -0.15) is 0 Å². The van der Waals surface area contributed by atoms with E-state index in [1.54, 1.807) is 7.11 Å². The first-order chi connectivity index (χ1) is 10.1. The van der Waals surface area contributed by atoms with Crippen LogP contribution in [-0.2, 0) is 5.54 Å². The predicted octanol–water partition coefficient (Wildman–Crippen LogP) is 2.61. The zero-order valence-corrected chi connectivity index (χ0v) is 12.5. The summed E-state index contributed by atoms with van der Waals surface area (Å²) in [6.45, 7) is 2.24. The highest BCUT2D eigenvalue weighted by Gasteiger charge is 2.32. The van der Waals surface area contributed by atoms with Gasteiger partial charge in [0, 0.05) is 5.56 Å². The molecule has 21 heavy (non-hydrogen) atoms. The number of nitrogens with zero attached hydrogens (tertiary/aromatic N) is 4. The lowest BCUT2D eigenvalue weighted by molar-refractivity contribution is 0.197. The van der Waals surface area contributed by atoms with Crippen molar-refractivity contribution in [2.75, 3.05) is 12.8 Å². The molecule has 0 atom stereocenters. The molecule has 0 bridgehead atoms. The molecule has 112 valence electrons. The molecule has 3 rings (SSSR count). The van der Waals surface area contributed by atoms with E-state index in [-0.39, 0.29) is 5.54 Å². The van der Waals surface area contributed by atoms with Crippen LogP contribution in [0.25, 0.3) is 11.4 Å². The van der Waals surface area contributed by atoms with Crippen molar-refractivity contribution < 1.29 is 4.74 Å². The highest BCUT2D eigenvalue weighted by molar-refractivity contribution is 5.65. The highest BCUT2D eigenvalue weighted by atomic mass is 16.5. The van der Waals surface area contributed by atoms with Crippen LogP contribution in [0.4, 0.5) is 5.69 Å². The van der Waals surface area contributed by atoms with Crippen molar-refractivity contribution in [3.63, 3.8) is 0 Å². The number of methoxy groups -OCH3 is 1. The van der Waals surface area contributed by atoms with E-state index in [0.717, 1.165) is 24.2 Å². The summed E-state index contributed by atoms with van der Waals surface area (Å²) < 4.78 is 7.26. The molecule has 1 saturated carbocycles. The largest absolute Gasteiger partial charge is 0.495 e. The van der Waals surface area contributed by atoms with E-state index in [1.807, 2.05) is 22.9 Å². The Labute approximate surface area is 124 Å². The molecule has 1 heterocycles. The van der Waals surface area contributed by atoms with Crippen LogP contribution in [0.5, 0.6) is 5.75 Å². The fourth-order valence-electron chi connectivity index (χ4n) is 3.11. The number of hydrogen-bond acceptors (Lipinski definition) is 5. The zero-order valence-electron chi connectivity index (χ0n) is 12.5. The third-order valence-corrected chi connectivity index (χ3v) is 4.40. The van der Waals surface area contributed by atoms with Crippen LogP contribution < -0.4 is 10.5 Å². The minimum atomic E-state index is -0.00823. The normalized spacial score (nSPS) is 17.6. The Kier molecular flexibility index (Phi) is 3.53. The van der Waals surface area contributed by atoms with Gasteiger partial charge < -0.3 is 10.5 Å². The van der Waals surface area contributed by atoms with Crippen LogP contribution >= 0.6 is 0 Å². The second-order valence-corrected chi connectivity index (χ2v) is 5.93. The number of ether oxygens (including phenoxy) is 1. The summed E-state index contributed by atoms with van der Waals surface area (Å²) in [6.07, 6.45) is 5.96. The molecule has 2 N–H and O–H groups in total. The van der Waals surface area contributed by atoms with Gasteiger partial charge in [-0.15, -0.1) is 5.10 Å². The maximum Gasteiger partial charge on any atom is 0.182 e. The minimum Gasteiger partial charge on any atom is -0.495 e. The van der Waals surface area contributed by atoms with Crippen LogP contribution in [0.3, 0.4) is 0 Å². The first-order valence-electron chi connectivity index (χ1n) is 7.37. The van der Waals surface area contributed by atoms with Gasteiger partial charge in [0.25, 0.3) is 0 Å². The van der Waals surface area contributed by atoms with E-state index in [4.69, 9.17) is 10.5 Å². The van der Waals surface area contributed by atoms with E-state index >= 15 is 0 Å². The summed E-state index contributed by atoms with van der Waals surface area (Å²) in [7, 11) is 1.61. The Morgan fingerprint density at radius 1 is 1.24 bits per heavy atom. The Hall–Kier alpha value is -2.11. The van der Waals surface area contributed by atoms with Crippen LogP contribution in [0.2, 0.25) is 0 Å². The van der Waals surface area contributed by atoms with Gasteiger partial charge >= 0.3 is 0 Å². The topological polar surface area (TPSA) is 78.9 Å². The minimum absolute atomic E-state index is 0.00823. The number of rotatable bonds is 3. The van der Waals surface area contributed by atoms with Gasteiger partial charge in [-0.05, 0) is 48.4 Å². The summed E-state index contributed by atoms with van der Waals surface area (Å²) in [4.78, 5) is 0. The lowest BCUT2D eigenvalue weighted by atomic mass is 9.83. The number of anilines is 1. The second kappa shape index (κ2) is 5.35.